The van der Waals surface area contributed by atoms with Crippen LogP contribution in [0.25, 0.3) is 0 Å². The van der Waals surface area contributed by atoms with E-state index in [2.05, 4.69) is 37.2 Å². The van der Waals surface area contributed by atoms with Gasteiger partial charge in [-0.2, -0.15) is 0 Å². The zero-order valence-electron chi connectivity index (χ0n) is 29.9. The van der Waals surface area contributed by atoms with E-state index in [4.69, 9.17) is 9.47 Å². The lowest BCUT2D eigenvalue weighted by Gasteiger charge is -2.41. The minimum atomic E-state index is -1.08. The van der Waals surface area contributed by atoms with Crippen molar-refractivity contribution in [3.63, 3.8) is 0 Å². The van der Waals surface area contributed by atoms with Crippen LogP contribution in [0.5, 0.6) is 5.75 Å². The third-order valence-corrected chi connectivity index (χ3v) is 12.3. The van der Waals surface area contributed by atoms with E-state index in [1.54, 1.807) is 33.8 Å². The summed E-state index contributed by atoms with van der Waals surface area (Å²) in [6, 6.07) is 11.1. The first-order valence-electron chi connectivity index (χ1n) is 18.5. The van der Waals surface area contributed by atoms with Crippen molar-refractivity contribution in [3.8, 4) is 5.75 Å². The zero-order valence-corrected chi connectivity index (χ0v) is 33.1. The summed E-state index contributed by atoms with van der Waals surface area (Å²) in [5, 5.41) is 13.3. The van der Waals surface area contributed by atoms with E-state index in [1.807, 2.05) is 29.2 Å². The van der Waals surface area contributed by atoms with Gasteiger partial charge in [-0.3, -0.25) is 9.59 Å². The molecule has 0 aliphatic carbocycles. The number of piperidine rings is 3. The Balaban J connectivity index is 1.05. The van der Waals surface area contributed by atoms with Crippen LogP contribution in [-0.2, 0) is 36.7 Å². The number of aromatic hydroxyl groups is 1. The predicted octanol–water partition coefficient (Wildman–Crippen LogP) is 5.56. The zero-order chi connectivity index (χ0) is 37.6. The van der Waals surface area contributed by atoms with Crippen molar-refractivity contribution in [3.05, 3.63) is 56.5 Å². The number of nitrogens with one attached hydrogen (secondary N) is 1. The fraction of sp³-hybridized carbons (Fsp3) is 0.553. The first-order valence-corrected chi connectivity index (χ1v) is 20.1. The molecule has 0 unspecified atom stereocenters. The highest BCUT2D eigenvalue weighted by atomic mass is 79.9. The van der Waals surface area contributed by atoms with Gasteiger partial charge in [0.05, 0.1) is 15.6 Å². The molecule has 3 saturated heterocycles. The van der Waals surface area contributed by atoms with Crippen LogP contribution in [0, 0.1) is 11.8 Å². The summed E-state index contributed by atoms with van der Waals surface area (Å²) in [5.41, 5.74) is 2.64. The van der Waals surface area contributed by atoms with Gasteiger partial charge in [0.2, 0.25) is 0 Å². The summed E-state index contributed by atoms with van der Waals surface area (Å²) in [6.07, 6.45) is 3.60. The Labute approximate surface area is 326 Å². The molecule has 0 aromatic heterocycles. The van der Waals surface area contributed by atoms with Crippen molar-refractivity contribution in [1.82, 2.24) is 19.6 Å². The van der Waals surface area contributed by atoms with E-state index in [0.717, 1.165) is 43.4 Å². The molecule has 2 aromatic rings. The normalized spacial score (nSPS) is 19.6. The maximum Gasteiger partial charge on any atom is 0.410 e. The van der Waals surface area contributed by atoms with Crippen molar-refractivity contribution in [2.45, 2.75) is 70.4 Å². The summed E-state index contributed by atoms with van der Waals surface area (Å²) in [6.45, 7) is 5.29. The highest BCUT2D eigenvalue weighted by Crippen LogP contribution is 2.35. The van der Waals surface area contributed by atoms with E-state index in [9.17, 15) is 29.1 Å². The van der Waals surface area contributed by atoms with Gasteiger partial charge < -0.3 is 39.5 Å². The molecule has 1 atom stereocenters. The minimum Gasteiger partial charge on any atom is -0.506 e. The van der Waals surface area contributed by atoms with Gasteiger partial charge in [-0.1, -0.05) is 18.2 Å². The maximum atomic E-state index is 14.1. The van der Waals surface area contributed by atoms with Crippen LogP contribution in [0.4, 0.5) is 15.3 Å². The molecule has 4 aliphatic rings. The number of anilines is 1. The molecular weight excluding hydrogens is 814 g/mol. The molecule has 4 aliphatic heterocycles. The maximum absolute atomic E-state index is 14.1. The number of nitrogens with zero attached hydrogens (tertiary/aromatic N) is 4. The number of phenols is 1. The minimum absolute atomic E-state index is 0.0240. The number of amides is 5. The molecule has 53 heavy (non-hydrogen) atoms. The van der Waals surface area contributed by atoms with Crippen LogP contribution in [0.2, 0.25) is 0 Å². The standard InChI is InChI=1S/C38H47Br2N5O8/c1-2-52-36(49)35(48)43-16-9-26(10-17-43)25-7-14-42(15-8-25)34(47)32(23-24-21-29(39)33(46)30(40)22-24)53-38(51)44-18-12-28(13-19-44)45-20-11-27-5-3-4-6-31(27)41-37(45)50/h3-6,21-22,25-26,28,32,46H,2,7-20,23H2,1H3,(H,41,50)/t32-/m1/s1. The first kappa shape index (κ1) is 38.9. The Bertz CT molecular complexity index is 1660. The van der Waals surface area contributed by atoms with E-state index in [-0.39, 0.29) is 36.8 Å². The highest BCUT2D eigenvalue weighted by molar-refractivity contribution is 9.11. The second-order valence-electron chi connectivity index (χ2n) is 14.2. The fourth-order valence-electron chi connectivity index (χ4n) is 8.11. The number of halogens is 2. The lowest BCUT2D eigenvalue weighted by atomic mass is 9.78. The number of benzene rings is 2. The Morgan fingerprint density at radius 3 is 2.06 bits per heavy atom. The summed E-state index contributed by atoms with van der Waals surface area (Å²) in [7, 11) is 0. The number of phenolic OH excluding ortho intramolecular Hbond substituents is 1. The van der Waals surface area contributed by atoms with Crippen LogP contribution in [-0.4, -0.2) is 119 Å². The van der Waals surface area contributed by atoms with E-state index in [1.165, 1.54) is 0 Å². The quantitative estimate of drug-likeness (QED) is 0.272. The Morgan fingerprint density at radius 1 is 0.849 bits per heavy atom. The van der Waals surface area contributed by atoms with E-state index in [0.29, 0.717) is 85.0 Å². The molecule has 6 rings (SSSR count). The number of hydrogen-bond acceptors (Lipinski definition) is 8. The molecule has 0 spiro atoms. The Kier molecular flexibility index (Phi) is 12.9. The van der Waals surface area contributed by atoms with E-state index < -0.39 is 24.1 Å². The Hall–Kier alpha value is -3.85. The van der Waals surface area contributed by atoms with E-state index >= 15 is 0 Å². The summed E-state index contributed by atoms with van der Waals surface area (Å²) in [4.78, 5) is 72.0. The number of urea groups is 1. The van der Waals surface area contributed by atoms with Gasteiger partial charge in [-0.25, -0.2) is 14.4 Å². The van der Waals surface area contributed by atoms with Crippen molar-refractivity contribution in [1.29, 1.82) is 0 Å². The number of likely N-dealkylation sites (tertiary alicyclic amines) is 3. The average Bonchev–Trinajstić information content (AvgIpc) is 3.34. The van der Waals surface area contributed by atoms with Crippen LogP contribution in [0.15, 0.2) is 45.3 Å². The number of para-hydroxylation sites is 1. The number of hydrogen-bond donors (Lipinski definition) is 2. The third kappa shape index (κ3) is 9.28. The number of carbonyl (C=O) groups is 5. The third-order valence-electron chi connectivity index (χ3n) is 11.1. The molecule has 0 radical (unpaired) electrons. The first-order chi connectivity index (χ1) is 25.5. The van der Waals surface area contributed by atoms with Gasteiger partial charge in [-0.05, 0) is 125 Å². The molecule has 3 fully saturated rings. The number of carbonyl (C=O) groups excluding carboxylic acids is 5. The number of esters is 1. The SMILES string of the molecule is CCOC(=O)C(=O)N1CCC(C2CCN(C(=O)[C@@H](Cc3cc(Br)c(O)c(Br)c3)OC(=O)N3CCC(N4CCc5ccccc5NC4=O)CC3)CC2)CC1. The van der Waals surface area contributed by atoms with Crippen LogP contribution in [0.1, 0.15) is 56.6 Å². The molecular formula is C38H47Br2N5O8. The van der Waals surface area contributed by atoms with Crippen molar-refractivity contribution >= 4 is 67.5 Å². The summed E-state index contributed by atoms with van der Waals surface area (Å²) in [5.74, 6) is -0.847. The average molecular weight is 862 g/mol. The highest BCUT2D eigenvalue weighted by Gasteiger charge is 2.38. The summed E-state index contributed by atoms with van der Waals surface area (Å²) < 4.78 is 11.8. The van der Waals surface area contributed by atoms with Crippen molar-refractivity contribution in [2.75, 3.05) is 57.7 Å². The van der Waals surface area contributed by atoms with Crippen LogP contribution in [0.3, 0.4) is 0 Å². The smallest absolute Gasteiger partial charge is 0.410 e. The second-order valence-corrected chi connectivity index (χ2v) is 16.0. The van der Waals surface area contributed by atoms with Gasteiger partial charge in [-0.15, -0.1) is 0 Å². The molecule has 15 heteroatoms. The van der Waals surface area contributed by atoms with Gasteiger partial charge in [0.25, 0.3) is 5.91 Å². The molecule has 2 N–H and O–H groups in total. The molecule has 2 aromatic carbocycles. The molecule has 0 bridgehead atoms. The molecule has 286 valence electrons. The monoisotopic (exact) mass is 859 g/mol. The lowest BCUT2D eigenvalue weighted by Crippen LogP contribution is -2.52. The molecule has 5 amide bonds. The topological polar surface area (TPSA) is 149 Å². The molecule has 13 nitrogen and oxygen atoms in total. The number of ether oxygens (including phenoxy) is 2. The molecule has 0 saturated carbocycles. The largest absolute Gasteiger partial charge is 0.506 e. The van der Waals surface area contributed by atoms with Gasteiger partial charge in [0.1, 0.15) is 5.75 Å². The Morgan fingerprint density at radius 2 is 1.43 bits per heavy atom. The van der Waals surface area contributed by atoms with Gasteiger partial charge >= 0.3 is 24.0 Å². The van der Waals surface area contributed by atoms with Crippen molar-refractivity contribution in [2.24, 2.45) is 11.8 Å². The van der Waals surface area contributed by atoms with Gasteiger partial charge in [0, 0.05) is 64.0 Å². The second kappa shape index (κ2) is 17.5. The van der Waals surface area contributed by atoms with Gasteiger partial charge in [0.15, 0.2) is 6.10 Å². The number of fused-ring (bicyclic) bond motifs is 1. The van der Waals surface area contributed by atoms with Crippen molar-refractivity contribution < 1.29 is 38.6 Å². The van der Waals surface area contributed by atoms with Crippen LogP contribution >= 0.6 is 31.9 Å². The summed E-state index contributed by atoms with van der Waals surface area (Å²) >= 11 is 6.74. The lowest BCUT2D eigenvalue weighted by molar-refractivity contribution is -0.160. The number of rotatable bonds is 7. The fourth-order valence-corrected chi connectivity index (χ4v) is 9.40. The van der Waals surface area contributed by atoms with Crippen LogP contribution < -0.4 is 5.32 Å². The predicted molar refractivity (Wildman–Crippen MR) is 203 cm³/mol. The molecule has 4 heterocycles.